The lowest BCUT2D eigenvalue weighted by atomic mass is 9.86. The second-order valence-electron chi connectivity index (χ2n) is 4.75. The molecule has 3 aliphatic heterocycles. The molecule has 0 N–H and O–H groups in total. The number of rotatable bonds is 2. The van der Waals surface area contributed by atoms with Crippen molar-refractivity contribution in [3.8, 4) is 5.75 Å². The molecule has 16 heavy (non-hydrogen) atoms. The molecule has 3 heterocycles. The van der Waals surface area contributed by atoms with Crippen molar-refractivity contribution in [1.82, 2.24) is 4.90 Å². The summed E-state index contributed by atoms with van der Waals surface area (Å²) in [5.41, 5.74) is 0. The average molecular weight is 221 g/mol. The molecule has 0 saturated carbocycles. The fourth-order valence-corrected chi connectivity index (χ4v) is 2.73. The van der Waals surface area contributed by atoms with E-state index in [1.165, 1.54) is 38.1 Å². The lowest BCUT2D eigenvalue weighted by Gasteiger charge is -2.44. The fourth-order valence-electron chi connectivity index (χ4n) is 2.73. The molecule has 1 aromatic rings. The zero-order valence-corrected chi connectivity index (χ0v) is 9.23. The number of ether oxygens (including phenoxy) is 1. The van der Waals surface area contributed by atoms with Gasteiger partial charge in [0.05, 0.1) is 0 Å². The number of halogens is 1. The molecule has 3 saturated heterocycles. The lowest BCUT2D eigenvalue weighted by Crippen LogP contribution is -2.52. The summed E-state index contributed by atoms with van der Waals surface area (Å²) in [6.45, 7) is 3.46. The van der Waals surface area contributed by atoms with Gasteiger partial charge in [-0.2, -0.15) is 0 Å². The Morgan fingerprint density at radius 1 is 1.12 bits per heavy atom. The van der Waals surface area contributed by atoms with Crippen molar-refractivity contribution >= 4 is 0 Å². The molecule has 0 unspecified atom stereocenters. The number of hydrogen-bond donors (Lipinski definition) is 0. The number of benzene rings is 1. The summed E-state index contributed by atoms with van der Waals surface area (Å²) in [6, 6.07) is 6.34. The van der Waals surface area contributed by atoms with Gasteiger partial charge in [0.1, 0.15) is 17.7 Å². The van der Waals surface area contributed by atoms with Crippen LogP contribution in [-0.4, -0.2) is 30.6 Å². The van der Waals surface area contributed by atoms with Crippen LogP contribution in [0.1, 0.15) is 12.8 Å². The summed E-state index contributed by atoms with van der Waals surface area (Å²) in [7, 11) is 0. The van der Waals surface area contributed by atoms with Gasteiger partial charge in [-0.25, -0.2) is 4.39 Å². The van der Waals surface area contributed by atoms with Crippen LogP contribution >= 0.6 is 0 Å². The van der Waals surface area contributed by atoms with E-state index in [-0.39, 0.29) is 5.82 Å². The molecule has 0 amide bonds. The van der Waals surface area contributed by atoms with E-state index in [0.29, 0.717) is 12.0 Å². The van der Waals surface area contributed by atoms with Gasteiger partial charge in [-0.1, -0.05) is 0 Å². The first-order valence-electron chi connectivity index (χ1n) is 5.96. The Kier molecular flexibility index (Phi) is 2.56. The minimum Gasteiger partial charge on any atom is -0.489 e. The molecule has 3 heteroatoms. The Labute approximate surface area is 95.0 Å². The Morgan fingerprint density at radius 3 is 2.38 bits per heavy atom. The molecular weight excluding hydrogens is 205 g/mol. The highest BCUT2D eigenvalue weighted by atomic mass is 19.1. The summed E-state index contributed by atoms with van der Waals surface area (Å²) < 4.78 is 18.7. The quantitative estimate of drug-likeness (QED) is 0.759. The van der Waals surface area contributed by atoms with Crippen LogP contribution in [0.4, 0.5) is 4.39 Å². The van der Waals surface area contributed by atoms with E-state index < -0.39 is 0 Å². The minimum absolute atomic E-state index is 0.207. The highest BCUT2D eigenvalue weighted by Crippen LogP contribution is 2.30. The second kappa shape index (κ2) is 4.06. The van der Waals surface area contributed by atoms with Crippen LogP contribution in [-0.2, 0) is 0 Å². The highest BCUT2D eigenvalue weighted by molar-refractivity contribution is 5.22. The normalized spacial score (nSPS) is 32.7. The maximum Gasteiger partial charge on any atom is 0.123 e. The van der Waals surface area contributed by atoms with Crippen LogP contribution in [0.25, 0.3) is 0 Å². The topological polar surface area (TPSA) is 12.5 Å². The molecule has 3 fully saturated rings. The third kappa shape index (κ3) is 1.92. The van der Waals surface area contributed by atoms with Gasteiger partial charge in [0.25, 0.3) is 0 Å². The van der Waals surface area contributed by atoms with Gasteiger partial charge in [-0.3, -0.25) is 4.90 Å². The molecule has 0 radical (unpaired) electrons. The van der Waals surface area contributed by atoms with Crippen LogP contribution in [0.15, 0.2) is 24.3 Å². The maximum absolute atomic E-state index is 12.8. The molecule has 1 atom stereocenters. The average Bonchev–Trinajstić information content (AvgIpc) is 2.34. The van der Waals surface area contributed by atoms with E-state index >= 15 is 0 Å². The van der Waals surface area contributed by atoms with Gasteiger partial charge in [-0.15, -0.1) is 0 Å². The van der Waals surface area contributed by atoms with Crippen molar-refractivity contribution in [3.05, 3.63) is 30.1 Å². The SMILES string of the molecule is Fc1ccc(O[C@H]2CN3CCC2CC3)cc1. The zero-order valence-electron chi connectivity index (χ0n) is 9.23. The predicted octanol–water partition coefficient (Wildman–Crippen LogP) is 2.30. The van der Waals surface area contributed by atoms with Crippen molar-refractivity contribution in [2.75, 3.05) is 19.6 Å². The summed E-state index contributed by atoms with van der Waals surface area (Å²) in [4.78, 5) is 2.45. The number of fused-ring (bicyclic) bond motifs is 3. The molecule has 3 aliphatic rings. The van der Waals surface area contributed by atoms with Crippen molar-refractivity contribution in [3.63, 3.8) is 0 Å². The Morgan fingerprint density at radius 2 is 1.81 bits per heavy atom. The van der Waals surface area contributed by atoms with Crippen LogP contribution in [0.5, 0.6) is 5.75 Å². The van der Waals surface area contributed by atoms with Gasteiger partial charge >= 0.3 is 0 Å². The first-order chi connectivity index (χ1) is 7.81. The smallest absolute Gasteiger partial charge is 0.123 e. The standard InChI is InChI=1S/C13H16FNO/c14-11-1-3-12(4-2-11)16-13-9-15-7-5-10(13)6-8-15/h1-4,10,13H,5-9H2/t13-/m0/s1. The molecule has 0 aromatic heterocycles. The van der Waals surface area contributed by atoms with Gasteiger partial charge in [0.15, 0.2) is 0 Å². The van der Waals surface area contributed by atoms with Crippen molar-refractivity contribution in [2.24, 2.45) is 5.92 Å². The Balaban J connectivity index is 1.68. The number of nitrogens with zero attached hydrogens (tertiary/aromatic N) is 1. The van der Waals surface area contributed by atoms with E-state index in [1.807, 2.05) is 0 Å². The van der Waals surface area contributed by atoms with Crippen molar-refractivity contribution < 1.29 is 9.13 Å². The van der Waals surface area contributed by atoms with Crippen LogP contribution < -0.4 is 4.74 Å². The monoisotopic (exact) mass is 221 g/mol. The largest absolute Gasteiger partial charge is 0.489 e. The third-order valence-electron chi connectivity index (χ3n) is 3.70. The van der Waals surface area contributed by atoms with Gasteiger partial charge in [0.2, 0.25) is 0 Å². The Bertz CT molecular complexity index is 357. The third-order valence-corrected chi connectivity index (χ3v) is 3.70. The summed E-state index contributed by atoms with van der Waals surface area (Å²) in [6.07, 6.45) is 2.78. The second-order valence-corrected chi connectivity index (χ2v) is 4.75. The van der Waals surface area contributed by atoms with E-state index in [2.05, 4.69) is 4.90 Å². The zero-order chi connectivity index (χ0) is 11.0. The summed E-state index contributed by atoms with van der Waals surface area (Å²) in [5, 5.41) is 0. The fraction of sp³-hybridized carbons (Fsp3) is 0.538. The Hall–Kier alpha value is -1.09. The van der Waals surface area contributed by atoms with Crippen molar-refractivity contribution in [2.45, 2.75) is 18.9 Å². The van der Waals surface area contributed by atoms with Gasteiger partial charge in [0, 0.05) is 6.54 Å². The molecule has 0 aliphatic carbocycles. The van der Waals surface area contributed by atoms with Crippen LogP contribution in [0.3, 0.4) is 0 Å². The highest BCUT2D eigenvalue weighted by Gasteiger charge is 2.35. The summed E-state index contributed by atoms with van der Waals surface area (Å²) >= 11 is 0. The molecule has 2 bridgehead atoms. The lowest BCUT2D eigenvalue weighted by molar-refractivity contribution is -0.00778. The van der Waals surface area contributed by atoms with Crippen LogP contribution in [0.2, 0.25) is 0 Å². The first kappa shape index (κ1) is 10.1. The summed E-state index contributed by atoms with van der Waals surface area (Å²) in [5.74, 6) is 1.27. The predicted molar refractivity (Wildman–Crippen MR) is 60.0 cm³/mol. The van der Waals surface area contributed by atoms with E-state index in [1.54, 1.807) is 12.1 Å². The van der Waals surface area contributed by atoms with Gasteiger partial charge in [-0.05, 0) is 56.1 Å². The number of piperidine rings is 3. The van der Waals surface area contributed by atoms with Crippen molar-refractivity contribution in [1.29, 1.82) is 0 Å². The van der Waals surface area contributed by atoms with Crippen LogP contribution in [0, 0.1) is 11.7 Å². The van der Waals surface area contributed by atoms with Gasteiger partial charge < -0.3 is 4.74 Å². The van der Waals surface area contributed by atoms with E-state index in [9.17, 15) is 4.39 Å². The molecule has 2 nitrogen and oxygen atoms in total. The molecule has 1 aromatic carbocycles. The number of hydrogen-bond acceptors (Lipinski definition) is 2. The molecular formula is C13H16FNO. The molecule has 86 valence electrons. The van der Waals surface area contributed by atoms with E-state index in [0.717, 1.165) is 12.3 Å². The van der Waals surface area contributed by atoms with E-state index in [4.69, 9.17) is 4.74 Å². The molecule has 0 spiro atoms. The first-order valence-corrected chi connectivity index (χ1v) is 5.96. The minimum atomic E-state index is -0.207. The maximum atomic E-state index is 12.8. The molecule has 4 rings (SSSR count).